The van der Waals surface area contributed by atoms with Crippen molar-refractivity contribution in [2.24, 2.45) is 0 Å². The summed E-state index contributed by atoms with van der Waals surface area (Å²) in [7, 11) is 0. The van der Waals surface area contributed by atoms with E-state index in [0.717, 1.165) is 50.0 Å². The van der Waals surface area contributed by atoms with Gasteiger partial charge in [0.2, 0.25) is 0 Å². The van der Waals surface area contributed by atoms with Crippen molar-refractivity contribution in [1.29, 1.82) is 0 Å². The number of aromatic amines is 1. The van der Waals surface area contributed by atoms with Crippen molar-refractivity contribution in [2.75, 3.05) is 6.54 Å². The quantitative estimate of drug-likeness (QED) is 0.896. The van der Waals surface area contributed by atoms with Gasteiger partial charge in [0.05, 0.1) is 6.04 Å². The molecule has 0 radical (unpaired) electrons. The van der Waals surface area contributed by atoms with Gasteiger partial charge in [0, 0.05) is 18.2 Å². The SMILES string of the molecule is O=C(NC1CCCC1)N1CCCCC1c1nc(-c2ccccc2)n[nH]1. The molecule has 2 fully saturated rings. The number of rotatable bonds is 3. The molecule has 2 aromatic rings. The van der Waals surface area contributed by atoms with Crippen molar-refractivity contribution in [3.8, 4) is 11.4 Å². The van der Waals surface area contributed by atoms with E-state index in [9.17, 15) is 4.79 Å². The van der Waals surface area contributed by atoms with Gasteiger partial charge in [0.25, 0.3) is 0 Å². The molecule has 2 amide bonds. The molecular weight excluding hydrogens is 314 g/mol. The van der Waals surface area contributed by atoms with Crippen molar-refractivity contribution in [3.05, 3.63) is 36.2 Å². The number of H-pyrrole nitrogens is 1. The smallest absolute Gasteiger partial charge is 0.318 e. The van der Waals surface area contributed by atoms with Gasteiger partial charge in [-0.15, -0.1) is 0 Å². The Balaban J connectivity index is 1.51. The standard InChI is InChI=1S/C19H25N5O/c25-19(20-15-10-4-5-11-15)24-13-7-6-12-16(24)18-21-17(22-23-18)14-8-2-1-3-9-14/h1-3,8-9,15-16H,4-7,10-13H2,(H,20,25)(H,21,22,23). The second-order valence-corrected chi connectivity index (χ2v) is 7.05. The molecule has 25 heavy (non-hydrogen) atoms. The molecule has 1 aliphatic heterocycles. The highest BCUT2D eigenvalue weighted by molar-refractivity contribution is 5.75. The summed E-state index contributed by atoms with van der Waals surface area (Å²) in [5, 5.41) is 10.6. The van der Waals surface area contributed by atoms with Gasteiger partial charge in [0.1, 0.15) is 5.82 Å². The number of amides is 2. The number of nitrogens with one attached hydrogen (secondary N) is 2. The summed E-state index contributed by atoms with van der Waals surface area (Å²) in [6, 6.07) is 10.3. The molecule has 1 unspecified atom stereocenters. The first kappa shape index (κ1) is 16.1. The third kappa shape index (κ3) is 3.52. The molecule has 1 atom stereocenters. The van der Waals surface area contributed by atoms with Crippen molar-refractivity contribution in [2.45, 2.75) is 57.0 Å². The number of aromatic nitrogens is 3. The maximum absolute atomic E-state index is 12.8. The van der Waals surface area contributed by atoms with Crippen LogP contribution >= 0.6 is 0 Å². The van der Waals surface area contributed by atoms with Crippen LogP contribution in [0.3, 0.4) is 0 Å². The Morgan fingerprint density at radius 2 is 1.84 bits per heavy atom. The minimum absolute atomic E-state index is 0.0138. The van der Waals surface area contributed by atoms with Gasteiger partial charge in [-0.05, 0) is 32.1 Å². The first-order valence-electron chi connectivity index (χ1n) is 9.36. The predicted molar refractivity (Wildman–Crippen MR) is 95.9 cm³/mol. The average Bonchev–Trinajstić information content (AvgIpc) is 3.34. The molecule has 2 aliphatic rings. The summed E-state index contributed by atoms with van der Waals surface area (Å²) in [5.41, 5.74) is 0.989. The Morgan fingerprint density at radius 3 is 2.64 bits per heavy atom. The van der Waals surface area contributed by atoms with Gasteiger partial charge >= 0.3 is 6.03 Å². The molecule has 1 aliphatic carbocycles. The van der Waals surface area contributed by atoms with Crippen LogP contribution in [-0.4, -0.2) is 38.7 Å². The Labute approximate surface area is 148 Å². The van der Waals surface area contributed by atoms with Crippen LogP contribution < -0.4 is 5.32 Å². The van der Waals surface area contributed by atoms with Crippen LogP contribution in [0.25, 0.3) is 11.4 Å². The molecule has 2 N–H and O–H groups in total. The number of hydrogen-bond donors (Lipinski definition) is 2. The highest BCUT2D eigenvalue weighted by atomic mass is 16.2. The molecular formula is C19H25N5O. The number of benzene rings is 1. The first-order chi connectivity index (χ1) is 12.3. The zero-order valence-corrected chi connectivity index (χ0v) is 14.4. The lowest BCUT2D eigenvalue weighted by Gasteiger charge is -2.35. The maximum Gasteiger partial charge on any atom is 0.318 e. The van der Waals surface area contributed by atoms with E-state index in [4.69, 9.17) is 0 Å². The summed E-state index contributed by atoms with van der Waals surface area (Å²) in [4.78, 5) is 19.4. The molecule has 0 bridgehead atoms. The Hall–Kier alpha value is -2.37. The highest BCUT2D eigenvalue weighted by Crippen LogP contribution is 2.30. The molecule has 6 heteroatoms. The fourth-order valence-electron chi connectivity index (χ4n) is 3.93. The number of nitrogens with zero attached hydrogens (tertiary/aromatic N) is 3. The monoisotopic (exact) mass is 339 g/mol. The van der Waals surface area contributed by atoms with E-state index in [1.807, 2.05) is 35.2 Å². The lowest BCUT2D eigenvalue weighted by Crippen LogP contribution is -2.47. The maximum atomic E-state index is 12.8. The van der Waals surface area contributed by atoms with Crippen LogP contribution in [0, 0.1) is 0 Å². The molecule has 2 heterocycles. The molecule has 0 spiro atoms. The molecule has 1 aromatic heterocycles. The van der Waals surface area contributed by atoms with E-state index in [-0.39, 0.29) is 12.1 Å². The Bertz CT molecular complexity index is 708. The van der Waals surface area contributed by atoms with E-state index in [0.29, 0.717) is 11.9 Å². The van der Waals surface area contributed by atoms with Crippen LogP contribution in [0.2, 0.25) is 0 Å². The number of piperidine rings is 1. The van der Waals surface area contributed by atoms with Crippen LogP contribution in [-0.2, 0) is 0 Å². The third-order valence-electron chi connectivity index (χ3n) is 5.30. The number of hydrogen-bond acceptors (Lipinski definition) is 3. The molecule has 1 saturated heterocycles. The van der Waals surface area contributed by atoms with Crippen LogP contribution in [0.15, 0.2) is 30.3 Å². The topological polar surface area (TPSA) is 73.9 Å². The van der Waals surface area contributed by atoms with Gasteiger partial charge in [-0.2, -0.15) is 5.10 Å². The van der Waals surface area contributed by atoms with E-state index < -0.39 is 0 Å². The number of carbonyl (C=O) groups excluding carboxylic acids is 1. The average molecular weight is 339 g/mol. The van der Waals surface area contributed by atoms with E-state index in [2.05, 4.69) is 20.5 Å². The minimum atomic E-state index is -0.0138. The number of carbonyl (C=O) groups is 1. The third-order valence-corrected chi connectivity index (χ3v) is 5.30. The second kappa shape index (κ2) is 7.25. The van der Waals surface area contributed by atoms with E-state index in [1.54, 1.807) is 0 Å². The molecule has 4 rings (SSSR count). The fourth-order valence-corrected chi connectivity index (χ4v) is 3.93. The fraction of sp³-hybridized carbons (Fsp3) is 0.526. The summed E-state index contributed by atoms with van der Waals surface area (Å²) in [6.45, 7) is 0.782. The van der Waals surface area contributed by atoms with Crippen LogP contribution in [0.5, 0.6) is 0 Å². The Morgan fingerprint density at radius 1 is 1.08 bits per heavy atom. The van der Waals surface area contributed by atoms with Gasteiger partial charge in [-0.25, -0.2) is 9.78 Å². The van der Waals surface area contributed by atoms with Crippen LogP contribution in [0.1, 0.15) is 56.8 Å². The van der Waals surface area contributed by atoms with Gasteiger partial charge in [-0.1, -0.05) is 43.2 Å². The summed E-state index contributed by atoms with van der Waals surface area (Å²) >= 11 is 0. The summed E-state index contributed by atoms with van der Waals surface area (Å²) in [5.74, 6) is 1.48. The zero-order chi connectivity index (χ0) is 17.1. The largest absolute Gasteiger partial charge is 0.335 e. The number of urea groups is 1. The van der Waals surface area contributed by atoms with Gasteiger partial charge < -0.3 is 10.2 Å². The van der Waals surface area contributed by atoms with Crippen molar-refractivity contribution < 1.29 is 4.79 Å². The minimum Gasteiger partial charge on any atom is -0.335 e. The van der Waals surface area contributed by atoms with Crippen molar-refractivity contribution in [3.63, 3.8) is 0 Å². The highest BCUT2D eigenvalue weighted by Gasteiger charge is 2.32. The van der Waals surface area contributed by atoms with Gasteiger partial charge in [-0.3, -0.25) is 5.10 Å². The van der Waals surface area contributed by atoms with E-state index in [1.165, 1.54) is 12.8 Å². The Kier molecular flexibility index (Phi) is 4.68. The lowest BCUT2D eigenvalue weighted by atomic mass is 10.0. The zero-order valence-electron chi connectivity index (χ0n) is 14.4. The summed E-state index contributed by atoms with van der Waals surface area (Å²) < 4.78 is 0. The molecule has 1 saturated carbocycles. The van der Waals surface area contributed by atoms with Gasteiger partial charge in [0.15, 0.2) is 5.82 Å². The van der Waals surface area contributed by atoms with Crippen LogP contribution in [0.4, 0.5) is 4.79 Å². The predicted octanol–water partition coefficient (Wildman–Crippen LogP) is 3.65. The van der Waals surface area contributed by atoms with Crippen molar-refractivity contribution >= 4 is 6.03 Å². The summed E-state index contributed by atoms with van der Waals surface area (Å²) in [6.07, 6.45) is 7.73. The van der Waals surface area contributed by atoms with E-state index >= 15 is 0 Å². The second-order valence-electron chi connectivity index (χ2n) is 7.05. The lowest BCUT2D eigenvalue weighted by molar-refractivity contribution is 0.144. The molecule has 6 nitrogen and oxygen atoms in total. The number of likely N-dealkylation sites (tertiary alicyclic amines) is 1. The van der Waals surface area contributed by atoms with Crippen molar-refractivity contribution in [1.82, 2.24) is 25.4 Å². The molecule has 1 aromatic carbocycles. The molecule has 132 valence electrons. The first-order valence-corrected chi connectivity index (χ1v) is 9.36. The normalized spacial score (nSPS) is 21.4.